The van der Waals surface area contributed by atoms with Crippen LogP contribution in [0.4, 0.5) is 0 Å². The summed E-state index contributed by atoms with van der Waals surface area (Å²) in [6.45, 7) is 10.5. The fourth-order valence-electron chi connectivity index (χ4n) is 2.78. The zero-order valence-corrected chi connectivity index (χ0v) is 15.0. The Labute approximate surface area is 132 Å². The van der Waals surface area contributed by atoms with Gasteiger partial charge in [0.15, 0.2) is 0 Å². The molecule has 1 fully saturated rings. The lowest BCUT2D eigenvalue weighted by atomic mass is 9.94. The van der Waals surface area contributed by atoms with E-state index >= 15 is 0 Å². The first-order valence-corrected chi connectivity index (χ1v) is 9.95. The minimum absolute atomic E-state index is 0.0865. The minimum atomic E-state index is -3.35. The quantitative estimate of drug-likeness (QED) is 0.903. The summed E-state index contributed by atoms with van der Waals surface area (Å²) < 4.78 is 28.0. The van der Waals surface area contributed by atoms with Crippen LogP contribution in [0.1, 0.15) is 44.1 Å². The van der Waals surface area contributed by atoms with Crippen LogP contribution in [0.15, 0.2) is 10.3 Å². The lowest BCUT2D eigenvalue weighted by Gasteiger charge is -2.36. The van der Waals surface area contributed by atoms with Crippen molar-refractivity contribution in [1.29, 1.82) is 0 Å². The molecule has 1 aromatic heterocycles. The summed E-state index contributed by atoms with van der Waals surface area (Å²) in [4.78, 5) is 1.12. The fourth-order valence-corrected chi connectivity index (χ4v) is 6.24. The van der Waals surface area contributed by atoms with E-state index in [0.29, 0.717) is 16.7 Å². The molecule has 1 aliphatic heterocycles. The maximum atomic E-state index is 12.9. The van der Waals surface area contributed by atoms with Gasteiger partial charge < -0.3 is 5.32 Å². The molecule has 0 aromatic carbocycles. The molecular formula is C15H26N2O2S2. The van der Waals surface area contributed by atoms with E-state index in [9.17, 15) is 8.42 Å². The summed E-state index contributed by atoms with van der Waals surface area (Å²) in [6.07, 6.45) is 2.07. The van der Waals surface area contributed by atoms with Crippen molar-refractivity contribution in [1.82, 2.24) is 9.62 Å². The second kappa shape index (κ2) is 6.77. The minimum Gasteiger partial charge on any atom is -0.312 e. The van der Waals surface area contributed by atoms with Crippen molar-refractivity contribution in [2.45, 2.75) is 57.3 Å². The third-order valence-corrected chi connectivity index (χ3v) is 8.08. The van der Waals surface area contributed by atoms with Crippen LogP contribution >= 0.6 is 11.3 Å². The van der Waals surface area contributed by atoms with Gasteiger partial charge in [-0.15, -0.1) is 11.3 Å². The number of thiophene rings is 1. The van der Waals surface area contributed by atoms with E-state index in [0.717, 1.165) is 36.4 Å². The predicted molar refractivity (Wildman–Crippen MR) is 88.2 cm³/mol. The monoisotopic (exact) mass is 330 g/mol. The number of aryl methyl sites for hydroxylation is 1. The molecule has 0 spiro atoms. The van der Waals surface area contributed by atoms with Gasteiger partial charge in [0.1, 0.15) is 4.21 Å². The third kappa shape index (κ3) is 3.50. The molecule has 4 nitrogen and oxygen atoms in total. The van der Waals surface area contributed by atoms with Gasteiger partial charge in [-0.1, -0.05) is 13.8 Å². The smallest absolute Gasteiger partial charge is 0.252 e. The van der Waals surface area contributed by atoms with Crippen molar-refractivity contribution >= 4 is 21.4 Å². The number of sulfonamides is 1. The predicted octanol–water partition coefficient (Wildman–Crippen LogP) is 2.98. The summed E-state index contributed by atoms with van der Waals surface area (Å²) in [5.41, 5.74) is 1.07. The summed E-state index contributed by atoms with van der Waals surface area (Å²) in [5, 5.41) is 3.27. The van der Waals surface area contributed by atoms with Crippen LogP contribution in [-0.4, -0.2) is 31.9 Å². The van der Waals surface area contributed by atoms with Gasteiger partial charge in [-0.2, -0.15) is 4.31 Å². The molecule has 6 heteroatoms. The first-order valence-electron chi connectivity index (χ1n) is 7.69. The Morgan fingerprint density at radius 1 is 1.43 bits per heavy atom. The van der Waals surface area contributed by atoms with E-state index in [4.69, 9.17) is 0 Å². The number of hydrogen-bond acceptors (Lipinski definition) is 4. The average molecular weight is 331 g/mol. The zero-order chi connectivity index (χ0) is 15.6. The molecule has 2 unspecified atom stereocenters. The molecular weight excluding hydrogens is 304 g/mol. The van der Waals surface area contributed by atoms with Gasteiger partial charge in [-0.05, 0) is 50.8 Å². The molecule has 1 saturated heterocycles. The summed E-state index contributed by atoms with van der Waals surface area (Å²) in [5.74, 6) is 0.427. The Kier molecular flexibility index (Phi) is 5.46. The Balaban J connectivity index is 2.27. The van der Waals surface area contributed by atoms with Crippen molar-refractivity contribution in [3.8, 4) is 0 Å². The van der Waals surface area contributed by atoms with Crippen molar-refractivity contribution in [3.05, 3.63) is 16.5 Å². The van der Waals surface area contributed by atoms with Crippen LogP contribution in [0, 0.1) is 12.8 Å². The highest BCUT2D eigenvalue weighted by Crippen LogP contribution is 2.33. The van der Waals surface area contributed by atoms with Crippen LogP contribution < -0.4 is 5.32 Å². The molecule has 2 heterocycles. The molecule has 1 N–H and O–H groups in total. The first kappa shape index (κ1) is 16.9. The molecule has 2 rings (SSSR count). The van der Waals surface area contributed by atoms with Crippen LogP contribution in [0.25, 0.3) is 0 Å². The number of nitrogens with zero attached hydrogens (tertiary/aromatic N) is 1. The van der Waals surface area contributed by atoms with Crippen molar-refractivity contribution in [2.75, 3.05) is 13.1 Å². The second-order valence-electron chi connectivity index (χ2n) is 5.93. The zero-order valence-electron chi connectivity index (χ0n) is 13.3. The number of hydrogen-bond donors (Lipinski definition) is 1. The van der Waals surface area contributed by atoms with Crippen LogP contribution in [0.3, 0.4) is 0 Å². The standard InChI is InChI=1S/C15H26N2O2S2/c1-5-16-10-14-12(3)9-15(20-14)21(18,19)17-8-6-7-11(2)13(17)4/h9,11,13,16H,5-8,10H2,1-4H3. The fraction of sp³-hybridized carbons (Fsp3) is 0.733. The lowest BCUT2D eigenvalue weighted by Crippen LogP contribution is -2.45. The highest BCUT2D eigenvalue weighted by Gasteiger charge is 2.35. The van der Waals surface area contributed by atoms with Gasteiger partial charge in [-0.3, -0.25) is 0 Å². The Hall–Kier alpha value is -0.430. The van der Waals surface area contributed by atoms with Gasteiger partial charge in [0.2, 0.25) is 0 Å². The lowest BCUT2D eigenvalue weighted by molar-refractivity contribution is 0.202. The summed E-state index contributed by atoms with van der Waals surface area (Å²) in [7, 11) is -3.35. The topological polar surface area (TPSA) is 49.4 Å². The molecule has 21 heavy (non-hydrogen) atoms. The number of nitrogens with one attached hydrogen (secondary N) is 1. The van der Waals surface area contributed by atoms with Crippen molar-refractivity contribution < 1.29 is 8.42 Å². The summed E-state index contributed by atoms with van der Waals surface area (Å²) >= 11 is 1.41. The first-order chi connectivity index (χ1) is 9.87. The number of rotatable bonds is 5. The third-order valence-electron chi connectivity index (χ3n) is 4.41. The van der Waals surface area contributed by atoms with Crippen molar-refractivity contribution in [2.24, 2.45) is 5.92 Å². The van der Waals surface area contributed by atoms with E-state index in [1.807, 2.05) is 19.9 Å². The largest absolute Gasteiger partial charge is 0.312 e. The van der Waals surface area contributed by atoms with Gasteiger partial charge in [0.05, 0.1) is 0 Å². The molecule has 1 aliphatic rings. The van der Waals surface area contributed by atoms with Crippen LogP contribution in [0.2, 0.25) is 0 Å². The molecule has 1 aromatic rings. The van der Waals surface area contributed by atoms with Crippen LogP contribution in [0.5, 0.6) is 0 Å². The SMILES string of the molecule is CCNCc1sc(S(=O)(=O)N2CCCC(C)C2C)cc1C. The molecule has 120 valence electrons. The van der Waals surface area contributed by atoms with Gasteiger partial charge in [-0.25, -0.2) is 8.42 Å². The number of piperidine rings is 1. The van der Waals surface area contributed by atoms with Gasteiger partial charge in [0, 0.05) is 24.0 Å². The maximum Gasteiger partial charge on any atom is 0.252 e. The second-order valence-corrected chi connectivity index (χ2v) is 9.18. The molecule has 0 saturated carbocycles. The van der Waals surface area contributed by atoms with Gasteiger partial charge in [0.25, 0.3) is 10.0 Å². The average Bonchev–Trinajstić information content (AvgIpc) is 2.81. The molecule has 0 amide bonds. The summed E-state index contributed by atoms with van der Waals surface area (Å²) in [6, 6.07) is 1.92. The van der Waals surface area contributed by atoms with E-state index in [2.05, 4.69) is 19.2 Å². The van der Waals surface area contributed by atoms with Crippen molar-refractivity contribution in [3.63, 3.8) is 0 Å². The van der Waals surface area contributed by atoms with E-state index in [-0.39, 0.29) is 6.04 Å². The Morgan fingerprint density at radius 2 is 2.14 bits per heavy atom. The normalized spacial score (nSPS) is 24.4. The molecule has 2 atom stereocenters. The van der Waals surface area contributed by atoms with E-state index in [1.54, 1.807) is 4.31 Å². The Morgan fingerprint density at radius 3 is 2.81 bits per heavy atom. The Bertz CT molecular complexity index is 580. The molecule has 0 bridgehead atoms. The molecule has 0 aliphatic carbocycles. The highest BCUT2D eigenvalue weighted by atomic mass is 32.2. The van der Waals surface area contributed by atoms with E-state index < -0.39 is 10.0 Å². The molecule has 0 radical (unpaired) electrons. The van der Waals surface area contributed by atoms with Crippen LogP contribution in [-0.2, 0) is 16.6 Å². The van der Waals surface area contributed by atoms with E-state index in [1.165, 1.54) is 11.3 Å². The maximum absolute atomic E-state index is 12.9. The van der Waals surface area contributed by atoms with Gasteiger partial charge >= 0.3 is 0 Å². The highest BCUT2D eigenvalue weighted by molar-refractivity contribution is 7.91.